The van der Waals surface area contributed by atoms with Gasteiger partial charge in [-0.1, -0.05) is 18.2 Å². The molecule has 0 radical (unpaired) electrons. The van der Waals surface area contributed by atoms with Gasteiger partial charge in [-0.25, -0.2) is 0 Å². The van der Waals surface area contributed by atoms with Crippen LogP contribution in [-0.2, 0) is 13.1 Å². The molecule has 2 aliphatic rings. The standard InChI is InChI=1S/C27H32N4O3/c32-27(26-7-3-17-33-26)31-11-8-24(9-12-31)34-25-6-1-4-22(18-25)20-29-13-15-30(16-14-29)21-23-5-2-10-28-19-23/h1-7,10,17-19,24H,8-9,11-16,20-21H2. The predicted molar refractivity (Wildman–Crippen MR) is 129 cm³/mol. The first-order valence-corrected chi connectivity index (χ1v) is 12.1. The molecule has 2 saturated heterocycles. The molecule has 0 unspecified atom stereocenters. The molecular weight excluding hydrogens is 428 g/mol. The number of likely N-dealkylation sites (tertiary alicyclic amines) is 1. The number of ether oxygens (including phenoxy) is 1. The van der Waals surface area contributed by atoms with Gasteiger partial charge in [0.2, 0.25) is 0 Å². The molecular formula is C27H32N4O3. The Morgan fingerprint density at radius 1 is 0.912 bits per heavy atom. The summed E-state index contributed by atoms with van der Waals surface area (Å²) in [6.45, 7) is 7.55. The Morgan fingerprint density at radius 2 is 1.65 bits per heavy atom. The van der Waals surface area contributed by atoms with Crippen molar-refractivity contribution in [3.05, 3.63) is 84.1 Å². The molecule has 4 heterocycles. The van der Waals surface area contributed by atoms with Gasteiger partial charge in [-0.05, 0) is 41.5 Å². The van der Waals surface area contributed by atoms with Crippen LogP contribution >= 0.6 is 0 Å². The van der Waals surface area contributed by atoms with Crippen LogP contribution in [0.4, 0.5) is 0 Å². The van der Waals surface area contributed by atoms with Crippen LogP contribution in [0, 0.1) is 0 Å². The molecule has 1 amide bonds. The molecule has 1 aromatic carbocycles. The number of pyridine rings is 1. The number of hydrogen-bond acceptors (Lipinski definition) is 6. The maximum atomic E-state index is 12.5. The first-order chi connectivity index (χ1) is 16.7. The lowest BCUT2D eigenvalue weighted by atomic mass is 10.1. The Hall–Kier alpha value is -3.16. The van der Waals surface area contributed by atoms with Crippen molar-refractivity contribution in [2.45, 2.75) is 32.0 Å². The Morgan fingerprint density at radius 3 is 2.32 bits per heavy atom. The van der Waals surface area contributed by atoms with Crippen LogP contribution in [0.15, 0.2) is 71.6 Å². The fourth-order valence-electron chi connectivity index (χ4n) is 4.76. The minimum atomic E-state index is -0.0361. The predicted octanol–water partition coefficient (Wildman–Crippen LogP) is 3.68. The molecule has 0 bridgehead atoms. The number of piperazine rings is 1. The first-order valence-electron chi connectivity index (χ1n) is 12.1. The number of aromatic nitrogens is 1. The van der Waals surface area contributed by atoms with Crippen molar-refractivity contribution in [1.82, 2.24) is 19.7 Å². The summed E-state index contributed by atoms with van der Waals surface area (Å²) in [4.78, 5) is 23.5. The fourth-order valence-corrected chi connectivity index (χ4v) is 4.76. The van der Waals surface area contributed by atoms with Gasteiger partial charge in [0.1, 0.15) is 11.9 Å². The van der Waals surface area contributed by atoms with E-state index in [2.05, 4.69) is 39.0 Å². The minimum absolute atomic E-state index is 0.0361. The van der Waals surface area contributed by atoms with Gasteiger partial charge >= 0.3 is 0 Å². The minimum Gasteiger partial charge on any atom is -0.490 e. The van der Waals surface area contributed by atoms with E-state index in [9.17, 15) is 4.79 Å². The lowest BCUT2D eigenvalue weighted by molar-refractivity contribution is 0.0566. The van der Waals surface area contributed by atoms with Gasteiger partial charge in [0.15, 0.2) is 5.76 Å². The lowest BCUT2D eigenvalue weighted by Gasteiger charge is -2.34. The van der Waals surface area contributed by atoms with Crippen molar-refractivity contribution in [3.63, 3.8) is 0 Å². The van der Waals surface area contributed by atoms with E-state index < -0.39 is 0 Å². The van der Waals surface area contributed by atoms with Crippen LogP contribution in [0.25, 0.3) is 0 Å². The van der Waals surface area contributed by atoms with E-state index >= 15 is 0 Å². The van der Waals surface area contributed by atoms with Crippen LogP contribution in [0.1, 0.15) is 34.5 Å². The third-order valence-corrected chi connectivity index (χ3v) is 6.66. The number of nitrogens with zero attached hydrogens (tertiary/aromatic N) is 4. The fraction of sp³-hybridized carbons (Fsp3) is 0.407. The zero-order valence-electron chi connectivity index (χ0n) is 19.5. The van der Waals surface area contributed by atoms with Crippen LogP contribution in [0.5, 0.6) is 5.75 Å². The molecule has 34 heavy (non-hydrogen) atoms. The molecule has 3 aromatic rings. The highest BCUT2D eigenvalue weighted by molar-refractivity contribution is 5.91. The molecule has 0 aliphatic carbocycles. The average Bonchev–Trinajstić information content (AvgIpc) is 3.41. The zero-order valence-corrected chi connectivity index (χ0v) is 19.5. The summed E-state index contributed by atoms with van der Waals surface area (Å²) in [5, 5.41) is 0. The molecule has 2 aromatic heterocycles. The largest absolute Gasteiger partial charge is 0.490 e. The van der Waals surface area contributed by atoms with Crippen molar-refractivity contribution in [2.24, 2.45) is 0 Å². The highest BCUT2D eigenvalue weighted by Gasteiger charge is 2.26. The monoisotopic (exact) mass is 460 g/mol. The zero-order chi connectivity index (χ0) is 23.2. The van der Waals surface area contributed by atoms with Gasteiger partial charge in [0.05, 0.1) is 6.26 Å². The molecule has 0 N–H and O–H groups in total. The molecule has 0 atom stereocenters. The van der Waals surface area contributed by atoms with Crippen LogP contribution < -0.4 is 4.74 Å². The van der Waals surface area contributed by atoms with Crippen molar-refractivity contribution in [1.29, 1.82) is 0 Å². The molecule has 2 fully saturated rings. The number of carbonyl (C=O) groups excluding carboxylic acids is 1. The molecule has 178 valence electrons. The van der Waals surface area contributed by atoms with Crippen molar-refractivity contribution in [2.75, 3.05) is 39.3 Å². The van der Waals surface area contributed by atoms with Crippen molar-refractivity contribution >= 4 is 5.91 Å². The van der Waals surface area contributed by atoms with Gasteiger partial charge in [-0.15, -0.1) is 0 Å². The van der Waals surface area contributed by atoms with E-state index in [1.165, 1.54) is 11.1 Å². The topological polar surface area (TPSA) is 62.1 Å². The summed E-state index contributed by atoms with van der Waals surface area (Å²) in [5.41, 5.74) is 2.56. The third kappa shape index (κ3) is 5.85. The smallest absolute Gasteiger partial charge is 0.289 e. The summed E-state index contributed by atoms with van der Waals surface area (Å²) in [5.74, 6) is 1.29. The molecule has 2 aliphatic heterocycles. The van der Waals surface area contributed by atoms with E-state index in [-0.39, 0.29) is 12.0 Å². The molecule has 7 nitrogen and oxygen atoms in total. The number of rotatable bonds is 7. The first kappa shape index (κ1) is 22.6. The highest BCUT2D eigenvalue weighted by Crippen LogP contribution is 2.22. The summed E-state index contributed by atoms with van der Waals surface area (Å²) < 4.78 is 11.5. The number of benzene rings is 1. The summed E-state index contributed by atoms with van der Waals surface area (Å²) in [6, 6.07) is 16.1. The second kappa shape index (κ2) is 10.8. The van der Waals surface area contributed by atoms with Gasteiger partial charge in [-0.2, -0.15) is 0 Å². The quantitative estimate of drug-likeness (QED) is 0.536. The Bertz CT molecular complexity index is 1040. The van der Waals surface area contributed by atoms with Gasteiger partial charge in [-0.3, -0.25) is 19.6 Å². The SMILES string of the molecule is O=C(c1ccco1)N1CCC(Oc2cccc(CN3CCN(Cc4cccnc4)CC3)c2)CC1. The molecule has 5 rings (SSSR count). The average molecular weight is 461 g/mol. The maximum absolute atomic E-state index is 12.5. The van der Waals surface area contributed by atoms with E-state index in [4.69, 9.17) is 9.15 Å². The number of piperidine rings is 1. The van der Waals surface area contributed by atoms with Crippen molar-refractivity contribution < 1.29 is 13.9 Å². The lowest BCUT2D eigenvalue weighted by Crippen LogP contribution is -2.45. The number of amides is 1. The Balaban J connectivity index is 1.07. The van der Waals surface area contributed by atoms with Gasteiger partial charge < -0.3 is 14.1 Å². The van der Waals surface area contributed by atoms with Crippen LogP contribution in [0.2, 0.25) is 0 Å². The highest BCUT2D eigenvalue weighted by atomic mass is 16.5. The summed E-state index contributed by atoms with van der Waals surface area (Å²) >= 11 is 0. The molecule has 0 spiro atoms. The van der Waals surface area contributed by atoms with E-state index in [1.54, 1.807) is 18.4 Å². The number of carbonyl (C=O) groups is 1. The Labute approximate surface area is 200 Å². The third-order valence-electron chi connectivity index (χ3n) is 6.66. The summed E-state index contributed by atoms with van der Waals surface area (Å²) in [7, 11) is 0. The summed E-state index contributed by atoms with van der Waals surface area (Å²) in [6.07, 6.45) is 7.11. The van der Waals surface area contributed by atoms with Gasteiger partial charge in [0, 0.05) is 77.6 Å². The number of hydrogen-bond donors (Lipinski definition) is 0. The Kier molecular flexibility index (Phi) is 7.22. The van der Waals surface area contributed by atoms with Crippen LogP contribution in [-0.4, -0.2) is 71.0 Å². The molecule has 0 saturated carbocycles. The van der Waals surface area contributed by atoms with Crippen molar-refractivity contribution in [3.8, 4) is 5.75 Å². The number of furan rings is 1. The van der Waals surface area contributed by atoms with Gasteiger partial charge in [0.25, 0.3) is 5.91 Å². The molecule has 7 heteroatoms. The maximum Gasteiger partial charge on any atom is 0.289 e. The normalized spacial score (nSPS) is 18.2. The van der Waals surface area contributed by atoms with E-state index in [0.29, 0.717) is 18.8 Å². The van der Waals surface area contributed by atoms with Crippen LogP contribution in [0.3, 0.4) is 0 Å². The van der Waals surface area contributed by atoms with E-state index in [0.717, 1.165) is 57.9 Å². The second-order valence-corrected chi connectivity index (χ2v) is 9.15. The second-order valence-electron chi connectivity index (χ2n) is 9.15. The van der Waals surface area contributed by atoms with E-state index in [1.807, 2.05) is 29.4 Å².